The highest BCUT2D eigenvalue weighted by molar-refractivity contribution is 7.57. The predicted octanol–water partition coefficient (Wildman–Crippen LogP) is 3.65. The Morgan fingerprint density at radius 3 is 2.09 bits per heavy atom. The maximum absolute atomic E-state index is 13.0. The SMILES string of the molecule is CCOC1=C(c2ccccc2)C(P(=O)(OCC)OCC)C1=O. The molecular weight excluding hydrogens is 303 g/mol. The van der Waals surface area contributed by atoms with E-state index in [0.29, 0.717) is 12.2 Å². The molecule has 1 aliphatic rings. The highest BCUT2D eigenvalue weighted by Gasteiger charge is 2.54. The number of hydrogen-bond acceptors (Lipinski definition) is 5. The average Bonchev–Trinajstić information content (AvgIpc) is 2.51. The van der Waals surface area contributed by atoms with Gasteiger partial charge in [0.15, 0.2) is 11.4 Å². The standard InChI is InChI=1S/C16H21O5P/c1-4-19-15-13(12-10-8-7-9-11-12)16(14(15)17)22(18,20-5-2)21-6-3/h7-11,16H,4-6H2,1-3H3. The van der Waals surface area contributed by atoms with Gasteiger partial charge in [0.1, 0.15) is 0 Å². The molecule has 0 bridgehead atoms. The fourth-order valence-electron chi connectivity index (χ4n) is 2.48. The van der Waals surface area contributed by atoms with Gasteiger partial charge in [0, 0.05) is 5.57 Å². The molecule has 0 aliphatic heterocycles. The fraction of sp³-hybridized carbons (Fsp3) is 0.438. The number of Topliss-reactive ketones (excluding diaryl/α,β-unsaturated/α-hetero) is 1. The summed E-state index contributed by atoms with van der Waals surface area (Å²) >= 11 is 0. The summed E-state index contributed by atoms with van der Waals surface area (Å²) in [5, 5.41) is 0. The largest absolute Gasteiger partial charge is 0.490 e. The van der Waals surface area contributed by atoms with Crippen LogP contribution in [0.4, 0.5) is 0 Å². The molecule has 120 valence electrons. The number of hydrogen-bond donors (Lipinski definition) is 0. The minimum atomic E-state index is -3.55. The topological polar surface area (TPSA) is 61.8 Å². The summed E-state index contributed by atoms with van der Waals surface area (Å²) in [6.07, 6.45) is 0. The Morgan fingerprint density at radius 1 is 1.00 bits per heavy atom. The van der Waals surface area contributed by atoms with E-state index in [4.69, 9.17) is 13.8 Å². The third-order valence-electron chi connectivity index (χ3n) is 3.30. The van der Waals surface area contributed by atoms with Crippen molar-refractivity contribution in [2.45, 2.75) is 26.4 Å². The van der Waals surface area contributed by atoms with Gasteiger partial charge in [-0.2, -0.15) is 0 Å². The van der Waals surface area contributed by atoms with Gasteiger partial charge < -0.3 is 13.8 Å². The van der Waals surface area contributed by atoms with Crippen LogP contribution in [-0.2, 0) is 23.1 Å². The van der Waals surface area contributed by atoms with Gasteiger partial charge in [0.2, 0.25) is 5.78 Å². The zero-order valence-corrected chi connectivity index (χ0v) is 14.0. The lowest BCUT2D eigenvalue weighted by molar-refractivity contribution is -0.119. The molecular formula is C16H21O5P. The van der Waals surface area contributed by atoms with Crippen molar-refractivity contribution in [2.75, 3.05) is 19.8 Å². The Morgan fingerprint density at radius 2 is 1.59 bits per heavy atom. The number of ketones is 1. The van der Waals surface area contributed by atoms with Crippen molar-refractivity contribution >= 4 is 19.0 Å². The van der Waals surface area contributed by atoms with Gasteiger partial charge in [-0.3, -0.25) is 9.36 Å². The molecule has 0 spiro atoms. The molecule has 1 unspecified atom stereocenters. The second-order valence-corrected chi connectivity index (χ2v) is 6.80. The summed E-state index contributed by atoms with van der Waals surface area (Å²) in [7, 11) is -3.55. The first kappa shape index (κ1) is 16.9. The summed E-state index contributed by atoms with van der Waals surface area (Å²) < 4.78 is 29.1. The molecule has 1 aromatic carbocycles. The quantitative estimate of drug-likeness (QED) is 0.683. The number of ether oxygens (including phenoxy) is 1. The van der Waals surface area contributed by atoms with Crippen LogP contribution in [0.3, 0.4) is 0 Å². The van der Waals surface area contributed by atoms with Crippen LogP contribution in [0.1, 0.15) is 26.3 Å². The van der Waals surface area contributed by atoms with Crippen molar-refractivity contribution in [1.82, 2.24) is 0 Å². The monoisotopic (exact) mass is 324 g/mol. The molecule has 5 nitrogen and oxygen atoms in total. The predicted molar refractivity (Wildman–Crippen MR) is 84.6 cm³/mol. The highest BCUT2D eigenvalue weighted by Crippen LogP contribution is 2.62. The van der Waals surface area contributed by atoms with Crippen LogP contribution in [0.25, 0.3) is 5.57 Å². The van der Waals surface area contributed by atoms with Crippen molar-refractivity contribution < 1.29 is 23.1 Å². The van der Waals surface area contributed by atoms with Crippen LogP contribution < -0.4 is 0 Å². The van der Waals surface area contributed by atoms with Crippen molar-refractivity contribution in [3.63, 3.8) is 0 Å². The summed E-state index contributed by atoms with van der Waals surface area (Å²) in [5.74, 6) is -0.0516. The molecule has 1 aliphatic carbocycles. The summed E-state index contributed by atoms with van der Waals surface area (Å²) in [4.78, 5) is 12.4. The molecule has 0 radical (unpaired) electrons. The highest BCUT2D eigenvalue weighted by atomic mass is 31.2. The average molecular weight is 324 g/mol. The van der Waals surface area contributed by atoms with Gasteiger partial charge in [0.25, 0.3) is 0 Å². The molecule has 1 atom stereocenters. The smallest absolute Gasteiger partial charge is 0.346 e. The van der Waals surface area contributed by atoms with E-state index in [1.165, 1.54) is 0 Å². The second kappa shape index (κ2) is 7.23. The summed E-state index contributed by atoms with van der Waals surface area (Å²) in [6.45, 7) is 6.06. The molecule has 6 heteroatoms. The Balaban J connectivity index is 2.47. The van der Waals surface area contributed by atoms with Crippen LogP contribution in [0.15, 0.2) is 36.1 Å². The molecule has 22 heavy (non-hydrogen) atoms. The molecule has 0 heterocycles. The van der Waals surface area contributed by atoms with Crippen molar-refractivity contribution in [2.24, 2.45) is 0 Å². The Kier molecular flexibility index (Phi) is 5.57. The number of benzene rings is 1. The van der Waals surface area contributed by atoms with Gasteiger partial charge in [-0.15, -0.1) is 0 Å². The molecule has 2 rings (SSSR count). The molecule has 0 amide bonds. The summed E-state index contributed by atoms with van der Waals surface area (Å²) in [5.41, 5.74) is 0.504. The zero-order valence-electron chi connectivity index (χ0n) is 13.1. The Bertz CT molecular complexity index is 598. The normalized spacial score (nSPS) is 18.3. The molecule has 0 saturated heterocycles. The van der Waals surface area contributed by atoms with E-state index in [-0.39, 0.29) is 24.8 Å². The van der Waals surface area contributed by atoms with E-state index in [2.05, 4.69) is 0 Å². The minimum Gasteiger partial charge on any atom is -0.490 e. The fourth-order valence-corrected chi connectivity index (χ4v) is 4.56. The number of allylic oxidation sites excluding steroid dienone is 2. The number of rotatable bonds is 8. The van der Waals surface area contributed by atoms with Gasteiger partial charge in [-0.1, -0.05) is 30.3 Å². The van der Waals surface area contributed by atoms with Crippen molar-refractivity contribution in [3.05, 3.63) is 41.7 Å². The first-order valence-electron chi connectivity index (χ1n) is 7.44. The molecule has 0 fully saturated rings. The van der Waals surface area contributed by atoms with E-state index < -0.39 is 13.3 Å². The minimum absolute atomic E-state index is 0.215. The first-order chi connectivity index (χ1) is 10.6. The van der Waals surface area contributed by atoms with E-state index in [9.17, 15) is 9.36 Å². The van der Waals surface area contributed by atoms with Crippen LogP contribution in [-0.4, -0.2) is 31.3 Å². The third-order valence-corrected chi connectivity index (χ3v) is 5.66. The van der Waals surface area contributed by atoms with Gasteiger partial charge in [-0.25, -0.2) is 0 Å². The third kappa shape index (κ3) is 3.02. The first-order valence-corrected chi connectivity index (χ1v) is 9.05. The van der Waals surface area contributed by atoms with Gasteiger partial charge in [0.05, 0.1) is 19.8 Å². The Hall–Kier alpha value is -1.42. The molecule has 0 N–H and O–H groups in total. The van der Waals surface area contributed by atoms with Crippen LogP contribution >= 0.6 is 7.60 Å². The van der Waals surface area contributed by atoms with Gasteiger partial charge >= 0.3 is 7.60 Å². The van der Waals surface area contributed by atoms with Crippen LogP contribution in [0.2, 0.25) is 0 Å². The second-order valence-electron chi connectivity index (χ2n) is 4.68. The molecule has 1 aromatic rings. The zero-order chi connectivity index (χ0) is 16.2. The molecule has 0 aromatic heterocycles. The number of carbonyl (C=O) groups is 1. The van der Waals surface area contributed by atoms with Crippen molar-refractivity contribution in [1.29, 1.82) is 0 Å². The maximum atomic E-state index is 13.0. The van der Waals surface area contributed by atoms with Gasteiger partial charge in [-0.05, 0) is 26.3 Å². The van der Waals surface area contributed by atoms with E-state index in [1.807, 2.05) is 30.3 Å². The van der Waals surface area contributed by atoms with Crippen molar-refractivity contribution in [3.8, 4) is 0 Å². The summed E-state index contributed by atoms with van der Waals surface area (Å²) in [6, 6.07) is 9.31. The lowest BCUT2D eigenvalue weighted by Gasteiger charge is -2.35. The van der Waals surface area contributed by atoms with Crippen LogP contribution in [0.5, 0.6) is 0 Å². The van der Waals surface area contributed by atoms with Crippen LogP contribution in [0, 0.1) is 0 Å². The molecule has 0 saturated carbocycles. The lowest BCUT2D eigenvalue weighted by atomic mass is 9.88. The lowest BCUT2D eigenvalue weighted by Crippen LogP contribution is -2.38. The van der Waals surface area contributed by atoms with E-state index in [1.54, 1.807) is 20.8 Å². The van der Waals surface area contributed by atoms with E-state index in [0.717, 1.165) is 5.56 Å². The number of carbonyl (C=O) groups excluding carboxylic acids is 1. The van der Waals surface area contributed by atoms with E-state index >= 15 is 0 Å². The Labute approximate surface area is 130 Å². The maximum Gasteiger partial charge on any atom is 0.346 e.